The Morgan fingerprint density at radius 3 is 1.50 bits per heavy atom. The average Bonchev–Trinajstić information content (AvgIpc) is 2.21. The van der Waals surface area contributed by atoms with Crippen LogP contribution in [-0.2, 0) is 0 Å². The van der Waals surface area contributed by atoms with E-state index in [0.29, 0.717) is 5.88 Å². The summed E-state index contributed by atoms with van der Waals surface area (Å²) in [5.41, 5.74) is 35.4. The van der Waals surface area contributed by atoms with Crippen molar-refractivity contribution in [1.82, 2.24) is 0 Å². The van der Waals surface area contributed by atoms with Gasteiger partial charge in [0.05, 0.1) is 10.7 Å². The normalized spacial score (nSPS) is 59.2. The zero-order valence-electron chi connectivity index (χ0n) is 8.47. The van der Waals surface area contributed by atoms with E-state index < -0.39 is 10.0 Å². The van der Waals surface area contributed by atoms with Crippen molar-refractivity contribution in [1.29, 1.82) is 0 Å². The molecule has 1 fully saturated rings. The highest BCUT2D eigenvalue weighted by Crippen LogP contribution is 2.53. The van der Waals surface area contributed by atoms with Crippen molar-refractivity contribution in [3.63, 3.8) is 0 Å². The summed E-state index contributed by atoms with van der Waals surface area (Å²) in [6.45, 7) is 0. The molecule has 1 aliphatic rings. The first-order valence-corrected chi connectivity index (χ1v) is 6.91. The van der Waals surface area contributed by atoms with Gasteiger partial charge in [-0.15, -0.1) is 0 Å². The molecule has 0 aromatic heterocycles. The molecule has 0 saturated carbocycles. The molecule has 6 nitrogen and oxygen atoms in total. The maximum absolute atomic E-state index is 6.03. The summed E-state index contributed by atoms with van der Waals surface area (Å²) in [6, 6.07) is -0.964. The minimum atomic E-state index is -1.36. The van der Waals surface area contributed by atoms with Crippen molar-refractivity contribution in [3.05, 3.63) is 0 Å². The Morgan fingerprint density at radius 1 is 0.857 bits per heavy atom. The highest BCUT2D eigenvalue weighted by molar-refractivity contribution is 8.34. The molecule has 1 rings (SSSR count). The Kier molecular flexibility index (Phi) is 3.42. The van der Waals surface area contributed by atoms with Crippen LogP contribution in [0.15, 0.2) is 0 Å². The van der Waals surface area contributed by atoms with E-state index in [1.165, 1.54) is 0 Å². The van der Waals surface area contributed by atoms with Gasteiger partial charge in [0.1, 0.15) is 0 Å². The van der Waals surface area contributed by atoms with Crippen molar-refractivity contribution < 1.29 is 0 Å². The molecule has 0 aromatic rings. The second kappa shape index (κ2) is 3.93. The Hall–Kier alpha value is 0.110. The first-order chi connectivity index (χ1) is 6.36. The molecule has 86 valence electrons. The van der Waals surface area contributed by atoms with Crippen molar-refractivity contribution in [2.45, 2.75) is 28.9 Å². The lowest BCUT2D eigenvalue weighted by atomic mass is 10.0. The molecule has 0 spiro atoms. The van der Waals surface area contributed by atoms with E-state index >= 15 is 0 Å². The number of hydrogen-bond acceptors (Lipinski definition) is 6. The van der Waals surface area contributed by atoms with Crippen molar-refractivity contribution in [2.75, 3.05) is 12.1 Å². The summed E-state index contributed by atoms with van der Waals surface area (Å²) in [7, 11) is -1.36. The van der Waals surface area contributed by atoms with E-state index in [-0.39, 0.29) is 28.9 Å². The van der Waals surface area contributed by atoms with Gasteiger partial charge in [0.15, 0.2) is 0 Å². The fourth-order valence-corrected chi connectivity index (χ4v) is 4.42. The number of hydrogen-bond donors (Lipinski definition) is 6. The van der Waals surface area contributed by atoms with Crippen LogP contribution in [0.25, 0.3) is 0 Å². The van der Waals surface area contributed by atoms with E-state index in [9.17, 15) is 0 Å². The predicted octanol–water partition coefficient (Wildman–Crippen LogP) is -3.10. The second-order valence-electron chi connectivity index (χ2n) is 4.06. The van der Waals surface area contributed by atoms with E-state index in [1.807, 2.05) is 6.26 Å². The zero-order valence-corrected chi connectivity index (χ0v) is 9.28. The summed E-state index contributed by atoms with van der Waals surface area (Å²) in [5, 5.41) is -0.449. The molecule has 0 amide bonds. The van der Waals surface area contributed by atoms with Gasteiger partial charge in [-0.3, -0.25) is 0 Å². The van der Waals surface area contributed by atoms with Gasteiger partial charge in [-0.1, -0.05) is 0 Å². The van der Waals surface area contributed by atoms with Crippen LogP contribution in [0.5, 0.6) is 0 Å². The first-order valence-electron chi connectivity index (χ1n) is 4.58. The number of nitrogens with two attached hydrogens (primary N) is 6. The van der Waals surface area contributed by atoms with Crippen LogP contribution in [0.4, 0.5) is 0 Å². The minimum absolute atomic E-state index is 0.225. The molecule has 0 bridgehead atoms. The van der Waals surface area contributed by atoms with Gasteiger partial charge in [-0.2, -0.15) is 10.0 Å². The fourth-order valence-electron chi connectivity index (χ4n) is 1.82. The fraction of sp³-hybridized carbons (Fsp3) is 1.00. The lowest BCUT2D eigenvalue weighted by Crippen LogP contribution is -2.72. The molecule has 4 atom stereocenters. The van der Waals surface area contributed by atoms with Crippen LogP contribution < -0.4 is 34.4 Å². The Bertz CT molecular complexity index is 196. The second-order valence-corrected chi connectivity index (χ2v) is 7.94. The van der Waals surface area contributed by atoms with Gasteiger partial charge in [0.25, 0.3) is 0 Å². The van der Waals surface area contributed by atoms with Gasteiger partial charge in [0.2, 0.25) is 0 Å². The molecule has 12 N–H and O–H groups in total. The molecule has 1 saturated heterocycles. The Labute approximate surface area is 86.0 Å². The molecule has 0 radical (unpaired) electrons. The van der Waals surface area contributed by atoms with E-state index in [4.69, 9.17) is 34.4 Å². The molecule has 7 heteroatoms. The molecule has 14 heavy (non-hydrogen) atoms. The van der Waals surface area contributed by atoms with Crippen LogP contribution in [0.1, 0.15) is 0 Å². The van der Waals surface area contributed by atoms with Crippen LogP contribution in [0.3, 0.4) is 0 Å². The van der Waals surface area contributed by atoms with Gasteiger partial charge in [-0.05, 0) is 6.26 Å². The summed E-state index contributed by atoms with van der Waals surface area (Å²) in [4.78, 5) is 0. The first kappa shape index (κ1) is 12.2. The number of rotatable bonds is 1. The molecular formula is C7H22N6S. The largest absolute Gasteiger partial charge is 0.325 e. The maximum atomic E-state index is 6.03. The highest BCUT2D eigenvalue weighted by atomic mass is 32.3. The smallest absolute Gasteiger partial charge is 0.0543 e. The van der Waals surface area contributed by atoms with Gasteiger partial charge in [0, 0.05) is 24.0 Å². The summed E-state index contributed by atoms with van der Waals surface area (Å²) in [6.07, 6.45) is 1.99. The minimum Gasteiger partial charge on any atom is -0.325 e. The quantitative estimate of drug-likeness (QED) is 0.276. The molecule has 4 unspecified atom stereocenters. The predicted molar refractivity (Wildman–Crippen MR) is 62.4 cm³/mol. The van der Waals surface area contributed by atoms with E-state index in [0.717, 1.165) is 0 Å². The van der Waals surface area contributed by atoms with Crippen LogP contribution >= 0.6 is 10.0 Å². The summed E-state index contributed by atoms with van der Waals surface area (Å²) >= 11 is 0. The average molecular weight is 222 g/mol. The SMILES string of the molecule is CS1(CN)C(N)C(N)C(N)C(N)C1N. The lowest BCUT2D eigenvalue weighted by molar-refractivity contribution is 0.401. The third kappa shape index (κ3) is 1.54. The highest BCUT2D eigenvalue weighted by Gasteiger charge is 2.47. The zero-order chi connectivity index (χ0) is 11.1. The molecule has 1 aliphatic heterocycles. The van der Waals surface area contributed by atoms with Crippen LogP contribution in [0, 0.1) is 0 Å². The summed E-state index contributed by atoms with van der Waals surface area (Å²) in [5.74, 6) is 0.448. The topological polar surface area (TPSA) is 156 Å². The van der Waals surface area contributed by atoms with E-state index in [1.54, 1.807) is 0 Å². The molecule has 0 aliphatic carbocycles. The molecular weight excluding hydrogens is 200 g/mol. The summed E-state index contributed by atoms with van der Waals surface area (Å²) < 4.78 is 0. The van der Waals surface area contributed by atoms with Crippen LogP contribution in [0.2, 0.25) is 0 Å². The third-order valence-corrected chi connectivity index (χ3v) is 7.08. The maximum Gasteiger partial charge on any atom is 0.0543 e. The molecule has 0 aromatic carbocycles. The third-order valence-electron chi connectivity index (χ3n) is 3.25. The van der Waals surface area contributed by atoms with Gasteiger partial charge >= 0.3 is 0 Å². The van der Waals surface area contributed by atoms with Gasteiger partial charge in [-0.25, -0.2) is 0 Å². The monoisotopic (exact) mass is 222 g/mol. The van der Waals surface area contributed by atoms with Crippen molar-refractivity contribution >= 4 is 10.0 Å². The van der Waals surface area contributed by atoms with Crippen molar-refractivity contribution in [3.8, 4) is 0 Å². The van der Waals surface area contributed by atoms with Gasteiger partial charge < -0.3 is 34.4 Å². The Balaban J connectivity index is 2.98. The van der Waals surface area contributed by atoms with Crippen molar-refractivity contribution in [2.24, 2.45) is 34.4 Å². The lowest BCUT2D eigenvalue weighted by Gasteiger charge is -2.55. The Morgan fingerprint density at radius 2 is 1.21 bits per heavy atom. The standard InChI is InChI=1S/C7H22N6S/c1-14(2-8)6(12)4(10)3(9)5(11)7(14)13/h3-7H,2,8-13H2,1H3. The van der Waals surface area contributed by atoms with Crippen LogP contribution in [-0.4, -0.2) is 41.0 Å². The van der Waals surface area contributed by atoms with E-state index in [2.05, 4.69) is 0 Å². The molecule has 1 heterocycles.